The van der Waals surface area contributed by atoms with Crippen molar-refractivity contribution in [3.05, 3.63) is 65.5 Å². The van der Waals surface area contributed by atoms with Crippen molar-refractivity contribution in [1.82, 2.24) is 15.5 Å². The van der Waals surface area contributed by atoms with Gasteiger partial charge >= 0.3 is 6.03 Å². The van der Waals surface area contributed by atoms with Gasteiger partial charge in [0, 0.05) is 26.2 Å². The van der Waals surface area contributed by atoms with Gasteiger partial charge in [0.15, 0.2) is 0 Å². The number of nitrogens with one attached hydrogen (secondary N) is 2. The second kappa shape index (κ2) is 9.91. The smallest absolute Gasteiger partial charge is 0.315 e. The molecule has 2 N–H and O–H groups in total. The molecule has 29 heavy (non-hydrogen) atoms. The lowest BCUT2D eigenvalue weighted by Crippen LogP contribution is -2.43. The Morgan fingerprint density at radius 1 is 1.07 bits per heavy atom. The molecule has 1 aliphatic heterocycles. The number of nitrogens with zero attached hydrogens (tertiary/aromatic N) is 1. The molecule has 1 heterocycles. The zero-order valence-corrected chi connectivity index (χ0v) is 16.5. The van der Waals surface area contributed by atoms with Gasteiger partial charge in [-0.3, -0.25) is 4.79 Å². The molecule has 2 aromatic rings. The fraction of sp³-hybridized carbons (Fsp3) is 0.364. The van der Waals surface area contributed by atoms with E-state index in [4.69, 9.17) is 4.74 Å². The van der Waals surface area contributed by atoms with Crippen LogP contribution in [-0.2, 0) is 6.54 Å². The molecule has 3 rings (SSSR count). The highest BCUT2D eigenvalue weighted by Crippen LogP contribution is 2.19. The monoisotopic (exact) mass is 399 g/mol. The number of methoxy groups -OCH3 is 1. The number of ether oxygens (including phenoxy) is 1. The van der Waals surface area contributed by atoms with Crippen molar-refractivity contribution >= 4 is 11.9 Å². The molecule has 0 saturated carbocycles. The van der Waals surface area contributed by atoms with E-state index in [1.54, 1.807) is 24.1 Å². The van der Waals surface area contributed by atoms with E-state index in [-0.39, 0.29) is 17.5 Å². The van der Waals surface area contributed by atoms with Gasteiger partial charge in [0.2, 0.25) is 0 Å². The molecule has 0 radical (unpaired) electrons. The Labute approximate surface area is 170 Å². The van der Waals surface area contributed by atoms with Crippen LogP contribution in [-0.4, -0.2) is 43.6 Å². The van der Waals surface area contributed by atoms with Crippen LogP contribution in [0.3, 0.4) is 0 Å². The summed E-state index contributed by atoms with van der Waals surface area (Å²) in [6.45, 7) is 2.11. The average molecular weight is 399 g/mol. The van der Waals surface area contributed by atoms with Gasteiger partial charge in [-0.1, -0.05) is 24.3 Å². The SMILES string of the molecule is COc1ccc(CNC(=O)NCC2CCN(C(=O)c3ccccc3F)CC2)cc1. The number of carbonyl (C=O) groups excluding carboxylic acids is 2. The summed E-state index contributed by atoms with van der Waals surface area (Å²) in [4.78, 5) is 26.2. The Kier molecular flexibility index (Phi) is 7.05. The molecule has 0 bridgehead atoms. The van der Waals surface area contributed by atoms with Gasteiger partial charge in [-0.2, -0.15) is 0 Å². The Hall–Kier alpha value is -3.09. The second-order valence-corrected chi connectivity index (χ2v) is 7.13. The minimum Gasteiger partial charge on any atom is -0.497 e. The average Bonchev–Trinajstić information content (AvgIpc) is 2.77. The molecule has 154 valence electrons. The summed E-state index contributed by atoms with van der Waals surface area (Å²) < 4.78 is 18.9. The number of hydrogen-bond acceptors (Lipinski definition) is 3. The summed E-state index contributed by atoms with van der Waals surface area (Å²) in [6.07, 6.45) is 1.55. The molecule has 1 fully saturated rings. The van der Waals surface area contributed by atoms with Crippen LogP contribution in [0.4, 0.5) is 9.18 Å². The topological polar surface area (TPSA) is 70.7 Å². The predicted molar refractivity (Wildman–Crippen MR) is 108 cm³/mol. The zero-order chi connectivity index (χ0) is 20.6. The first-order valence-corrected chi connectivity index (χ1v) is 9.75. The number of benzene rings is 2. The Morgan fingerprint density at radius 3 is 2.41 bits per heavy atom. The lowest BCUT2D eigenvalue weighted by atomic mass is 9.96. The third-order valence-corrected chi connectivity index (χ3v) is 5.17. The molecule has 6 nitrogen and oxygen atoms in total. The van der Waals surface area contributed by atoms with E-state index in [0.717, 1.165) is 24.2 Å². The molecule has 3 amide bonds. The Morgan fingerprint density at radius 2 is 1.76 bits per heavy atom. The van der Waals surface area contributed by atoms with Crippen molar-refractivity contribution in [3.8, 4) is 5.75 Å². The van der Waals surface area contributed by atoms with E-state index in [2.05, 4.69) is 10.6 Å². The maximum atomic E-state index is 13.8. The third kappa shape index (κ3) is 5.70. The summed E-state index contributed by atoms with van der Waals surface area (Å²) in [5.41, 5.74) is 1.10. The van der Waals surface area contributed by atoms with E-state index in [1.165, 1.54) is 12.1 Å². The van der Waals surface area contributed by atoms with Gasteiger partial charge < -0.3 is 20.3 Å². The minimum atomic E-state index is -0.491. The fourth-order valence-electron chi connectivity index (χ4n) is 3.37. The number of piperidine rings is 1. The van der Waals surface area contributed by atoms with Crippen LogP contribution in [0.25, 0.3) is 0 Å². The summed E-state index contributed by atoms with van der Waals surface area (Å²) in [7, 11) is 1.61. The highest BCUT2D eigenvalue weighted by molar-refractivity contribution is 5.94. The number of carbonyl (C=O) groups is 2. The predicted octanol–water partition coefficient (Wildman–Crippen LogP) is 3.19. The fourth-order valence-corrected chi connectivity index (χ4v) is 3.37. The van der Waals surface area contributed by atoms with Crippen LogP contribution in [0.15, 0.2) is 48.5 Å². The van der Waals surface area contributed by atoms with Crippen LogP contribution >= 0.6 is 0 Å². The van der Waals surface area contributed by atoms with Gasteiger partial charge in [-0.15, -0.1) is 0 Å². The van der Waals surface area contributed by atoms with E-state index >= 15 is 0 Å². The second-order valence-electron chi connectivity index (χ2n) is 7.13. The Balaban J connectivity index is 1.37. The number of hydrogen-bond donors (Lipinski definition) is 2. The molecule has 0 spiro atoms. The minimum absolute atomic E-state index is 0.113. The van der Waals surface area contributed by atoms with Gasteiger partial charge in [0.05, 0.1) is 12.7 Å². The van der Waals surface area contributed by atoms with Crippen LogP contribution < -0.4 is 15.4 Å². The first-order chi connectivity index (χ1) is 14.1. The quantitative estimate of drug-likeness (QED) is 0.784. The van der Waals surface area contributed by atoms with E-state index < -0.39 is 5.82 Å². The molecule has 1 saturated heterocycles. The summed E-state index contributed by atoms with van der Waals surface area (Å²) in [6, 6.07) is 13.3. The molecule has 0 unspecified atom stereocenters. The number of halogens is 1. The van der Waals surface area contributed by atoms with E-state index in [1.807, 2.05) is 24.3 Å². The molecule has 2 aromatic carbocycles. The van der Waals surface area contributed by atoms with Crippen LogP contribution in [0.5, 0.6) is 5.75 Å². The first kappa shape index (κ1) is 20.6. The summed E-state index contributed by atoms with van der Waals surface area (Å²) in [5.74, 6) is 0.311. The molecular formula is C22H26FN3O3. The van der Waals surface area contributed by atoms with Crippen LogP contribution in [0.1, 0.15) is 28.8 Å². The largest absolute Gasteiger partial charge is 0.497 e. The maximum absolute atomic E-state index is 13.8. The highest BCUT2D eigenvalue weighted by atomic mass is 19.1. The number of amides is 3. The van der Waals surface area contributed by atoms with Gasteiger partial charge in [-0.05, 0) is 48.6 Å². The molecule has 1 aliphatic rings. The normalized spacial score (nSPS) is 14.3. The van der Waals surface area contributed by atoms with Crippen molar-refractivity contribution in [3.63, 3.8) is 0 Å². The van der Waals surface area contributed by atoms with Crippen LogP contribution in [0, 0.1) is 11.7 Å². The van der Waals surface area contributed by atoms with Gasteiger partial charge in [-0.25, -0.2) is 9.18 Å². The molecular weight excluding hydrogens is 373 g/mol. The van der Waals surface area contributed by atoms with E-state index in [9.17, 15) is 14.0 Å². The summed E-state index contributed by atoms with van der Waals surface area (Å²) in [5, 5.41) is 5.73. The molecule has 7 heteroatoms. The maximum Gasteiger partial charge on any atom is 0.315 e. The van der Waals surface area contributed by atoms with Gasteiger partial charge in [0.1, 0.15) is 11.6 Å². The van der Waals surface area contributed by atoms with Crippen molar-refractivity contribution in [2.24, 2.45) is 5.92 Å². The Bertz CT molecular complexity index is 833. The van der Waals surface area contributed by atoms with Crippen LogP contribution in [0.2, 0.25) is 0 Å². The summed E-state index contributed by atoms with van der Waals surface area (Å²) >= 11 is 0. The molecule has 0 aromatic heterocycles. The standard InChI is InChI=1S/C22H26FN3O3/c1-29-18-8-6-16(7-9-18)14-24-22(28)25-15-17-10-12-26(13-11-17)21(27)19-4-2-3-5-20(19)23/h2-9,17H,10-15H2,1H3,(H2,24,25,28). The van der Waals surface area contributed by atoms with Crippen molar-refractivity contribution in [2.75, 3.05) is 26.7 Å². The van der Waals surface area contributed by atoms with Crippen molar-refractivity contribution in [1.29, 1.82) is 0 Å². The van der Waals surface area contributed by atoms with E-state index in [0.29, 0.717) is 32.1 Å². The molecule has 0 atom stereocenters. The number of urea groups is 1. The van der Waals surface area contributed by atoms with Crippen molar-refractivity contribution in [2.45, 2.75) is 19.4 Å². The highest BCUT2D eigenvalue weighted by Gasteiger charge is 2.25. The number of rotatable bonds is 6. The van der Waals surface area contributed by atoms with Gasteiger partial charge in [0.25, 0.3) is 5.91 Å². The lowest BCUT2D eigenvalue weighted by molar-refractivity contribution is 0.0686. The first-order valence-electron chi connectivity index (χ1n) is 9.75. The number of likely N-dealkylation sites (tertiary alicyclic amines) is 1. The molecule has 0 aliphatic carbocycles. The third-order valence-electron chi connectivity index (χ3n) is 5.17. The zero-order valence-electron chi connectivity index (χ0n) is 16.5. The lowest BCUT2D eigenvalue weighted by Gasteiger charge is -2.32. The van der Waals surface area contributed by atoms with Crippen molar-refractivity contribution < 1.29 is 18.7 Å².